The van der Waals surface area contributed by atoms with Gasteiger partial charge >= 0.3 is 6.18 Å². The van der Waals surface area contributed by atoms with Crippen molar-refractivity contribution in [1.82, 2.24) is 4.98 Å². The number of alkyl halides is 3. The van der Waals surface area contributed by atoms with E-state index in [1.165, 1.54) is 0 Å². The van der Waals surface area contributed by atoms with Gasteiger partial charge in [-0.05, 0) is 0 Å². The maximum absolute atomic E-state index is 12.1. The van der Waals surface area contributed by atoms with Crippen LogP contribution in [-0.2, 0) is 6.18 Å². The van der Waals surface area contributed by atoms with E-state index >= 15 is 0 Å². The highest BCUT2D eigenvalue weighted by Gasteiger charge is 2.33. The number of hydrogen-bond donors (Lipinski definition) is 0. The molecule has 0 N–H and O–H groups in total. The van der Waals surface area contributed by atoms with Crippen LogP contribution in [0, 0.1) is 10.1 Å². The fourth-order valence-corrected chi connectivity index (χ4v) is 0.765. The Hall–Kier alpha value is -1.60. The Labute approximate surface area is 77.3 Å². The van der Waals surface area contributed by atoms with Crippen LogP contribution < -0.4 is 5.59 Å². The first-order valence-electron chi connectivity index (χ1n) is 3.29. The van der Waals surface area contributed by atoms with Crippen molar-refractivity contribution in [3.63, 3.8) is 0 Å². The van der Waals surface area contributed by atoms with Crippen LogP contribution in [0.25, 0.3) is 0 Å². The summed E-state index contributed by atoms with van der Waals surface area (Å²) in [6.07, 6.45) is -4.21. The van der Waals surface area contributed by atoms with Crippen molar-refractivity contribution in [3.05, 3.63) is 27.9 Å². The van der Waals surface area contributed by atoms with Crippen LogP contribution in [0.3, 0.4) is 0 Å². The monoisotopic (exact) mass is 202 g/mol. The van der Waals surface area contributed by atoms with Gasteiger partial charge in [-0.15, -0.1) is 0 Å². The van der Waals surface area contributed by atoms with Crippen LogP contribution in [0.5, 0.6) is 0 Å². The van der Waals surface area contributed by atoms with Crippen molar-refractivity contribution in [2.45, 2.75) is 6.18 Å². The largest absolute Gasteiger partial charge is 0.418 e. The van der Waals surface area contributed by atoms with Crippen LogP contribution in [0.15, 0.2) is 12.3 Å². The maximum atomic E-state index is 12.1. The van der Waals surface area contributed by atoms with Gasteiger partial charge in [-0.2, -0.15) is 13.2 Å². The Morgan fingerprint density at radius 3 is 2.50 bits per heavy atom. The van der Waals surface area contributed by atoms with E-state index in [2.05, 4.69) is 4.98 Å². The van der Waals surface area contributed by atoms with E-state index in [-0.39, 0.29) is 0 Å². The topological polar surface area (TPSA) is 56.0 Å². The second-order valence-corrected chi connectivity index (χ2v) is 2.38. The number of pyridine rings is 1. The first-order valence-corrected chi connectivity index (χ1v) is 3.29. The van der Waals surface area contributed by atoms with Gasteiger partial charge in [0, 0.05) is 12.3 Å². The lowest BCUT2D eigenvalue weighted by Gasteiger charge is -2.05. The Morgan fingerprint density at radius 2 is 2.07 bits per heavy atom. The second kappa shape index (κ2) is 3.28. The number of aromatic nitrogens is 1. The predicted octanol–water partition coefficient (Wildman–Crippen LogP) is 0.802. The summed E-state index contributed by atoms with van der Waals surface area (Å²) in [7, 11) is 5.01. The van der Waals surface area contributed by atoms with E-state index in [9.17, 15) is 23.3 Å². The van der Waals surface area contributed by atoms with Gasteiger partial charge in [-0.3, -0.25) is 15.1 Å². The van der Waals surface area contributed by atoms with Gasteiger partial charge in [0.1, 0.15) is 0 Å². The molecule has 0 aliphatic rings. The van der Waals surface area contributed by atoms with Crippen LogP contribution in [0.1, 0.15) is 5.56 Å². The Balaban J connectivity index is 3.27. The SMILES string of the molecule is [B]c1ncc(C(F)(F)F)cc1[N+](=O)[O-]. The number of rotatable bonds is 1. The van der Waals surface area contributed by atoms with Gasteiger partial charge in [0.25, 0.3) is 5.69 Å². The average Bonchev–Trinajstić information content (AvgIpc) is 2.02. The summed E-state index contributed by atoms with van der Waals surface area (Å²) in [6, 6.07) is 0.350. The molecular formula is C6H2BF3N2O2. The Kier molecular flexibility index (Phi) is 2.46. The van der Waals surface area contributed by atoms with Crippen LogP contribution in [-0.4, -0.2) is 17.8 Å². The fourth-order valence-electron chi connectivity index (χ4n) is 0.765. The number of nitro groups is 1. The van der Waals surface area contributed by atoms with Gasteiger partial charge in [0.2, 0.25) is 0 Å². The molecule has 0 saturated heterocycles. The fraction of sp³-hybridized carbons (Fsp3) is 0.167. The molecule has 0 atom stereocenters. The summed E-state index contributed by atoms with van der Waals surface area (Å²) in [6.45, 7) is 0. The molecule has 72 valence electrons. The average molecular weight is 202 g/mol. The van der Waals surface area contributed by atoms with Crippen molar-refractivity contribution in [3.8, 4) is 0 Å². The lowest BCUT2D eigenvalue weighted by Crippen LogP contribution is -2.17. The molecule has 0 aliphatic heterocycles. The molecule has 1 aromatic heterocycles. The van der Waals surface area contributed by atoms with E-state index in [0.717, 1.165) is 0 Å². The predicted molar refractivity (Wildman–Crippen MR) is 41.3 cm³/mol. The van der Waals surface area contributed by atoms with Gasteiger partial charge in [0.05, 0.1) is 16.1 Å². The summed E-state index contributed by atoms with van der Waals surface area (Å²) in [5.74, 6) is 0. The number of hydrogen-bond acceptors (Lipinski definition) is 3. The van der Waals surface area contributed by atoms with Crippen molar-refractivity contribution in [1.29, 1.82) is 0 Å². The van der Waals surface area contributed by atoms with Gasteiger partial charge in [-0.25, -0.2) is 0 Å². The molecule has 4 nitrogen and oxygen atoms in total. The third-order valence-corrected chi connectivity index (χ3v) is 1.42. The lowest BCUT2D eigenvalue weighted by molar-refractivity contribution is -0.384. The molecule has 0 amide bonds. The zero-order chi connectivity index (χ0) is 10.9. The molecule has 2 radical (unpaired) electrons. The molecule has 0 fully saturated rings. The van der Waals surface area contributed by atoms with E-state index in [1.807, 2.05) is 0 Å². The van der Waals surface area contributed by atoms with Crippen LogP contribution in [0.4, 0.5) is 18.9 Å². The molecule has 0 aliphatic carbocycles. The summed E-state index contributed by atoms with van der Waals surface area (Å²) in [5, 5.41) is 10.2. The third kappa shape index (κ3) is 2.01. The molecule has 0 spiro atoms. The van der Waals surface area contributed by atoms with Gasteiger partial charge < -0.3 is 0 Å². The Morgan fingerprint density at radius 1 is 1.50 bits per heavy atom. The van der Waals surface area contributed by atoms with E-state index in [0.29, 0.717) is 12.3 Å². The minimum Gasteiger partial charge on any atom is -0.265 e. The first kappa shape index (κ1) is 10.5. The van der Waals surface area contributed by atoms with E-state index < -0.39 is 27.9 Å². The van der Waals surface area contributed by atoms with Crippen molar-refractivity contribution in [2.24, 2.45) is 0 Å². The minimum atomic E-state index is -4.66. The number of nitrogens with zero attached hydrogens (tertiary/aromatic N) is 2. The zero-order valence-corrected chi connectivity index (χ0v) is 6.58. The second-order valence-electron chi connectivity index (χ2n) is 2.38. The molecule has 0 aromatic carbocycles. The summed E-state index contributed by atoms with van der Waals surface area (Å²) in [4.78, 5) is 12.3. The van der Waals surface area contributed by atoms with Crippen LogP contribution in [0.2, 0.25) is 0 Å². The van der Waals surface area contributed by atoms with Crippen molar-refractivity contribution in [2.75, 3.05) is 0 Å². The highest BCUT2D eigenvalue weighted by Crippen LogP contribution is 2.29. The van der Waals surface area contributed by atoms with Crippen molar-refractivity contribution >= 4 is 19.1 Å². The molecule has 1 heterocycles. The van der Waals surface area contributed by atoms with Crippen molar-refractivity contribution < 1.29 is 18.1 Å². The first-order chi connectivity index (χ1) is 6.32. The molecule has 8 heteroatoms. The molecule has 0 bridgehead atoms. The third-order valence-electron chi connectivity index (χ3n) is 1.42. The normalized spacial score (nSPS) is 11.4. The van der Waals surface area contributed by atoms with E-state index in [1.54, 1.807) is 0 Å². The summed E-state index contributed by atoms with van der Waals surface area (Å²) >= 11 is 0. The van der Waals surface area contributed by atoms with Gasteiger partial charge in [0.15, 0.2) is 7.85 Å². The van der Waals surface area contributed by atoms with Crippen LogP contribution >= 0.6 is 0 Å². The molecule has 0 unspecified atom stereocenters. The quantitative estimate of drug-likeness (QED) is 0.384. The minimum absolute atomic E-state index is 0.350. The Bertz CT molecular complexity index is 380. The molecule has 14 heavy (non-hydrogen) atoms. The smallest absolute Gasteiger partial charge is 0.265 e. The highest BCUT2D eigenvalue weighted by molar-refractivity contribution is 6.33. The maximum Gasteiger partial charge on any atom is 0.418 e. The molecule has 1 aromatic rings. The standard InChI is InChI=1S/C6H2BF3N2O2/c7-5-4(12(13)14)1-3(2-11-5)6(8,9)10/h1-2H. The summed E-state index contributed by atoms with van der Waals surface area (Å²) in [5.41, 5.74) is -2.58. The zero-order valence-electron chi connectivity index (χ0n) is 6.58. The molecular weight excluding hydrogens is 200 g/mol. The summed E-state index contributed by atoms with van der Waals surface area (Å²) < 4.78 is 36.2. The van der Waals surface area contributed by atoms with Gasteiger partial charge in [-0.1, -0.05) is 0 Å². The van der Waals surface area contributed by atoms with E-state index in [4.69, 9.17) is 7.85 Å². The molecule has 1 rings (SSSR count). The highest BCUT2D eigenvalue weighted by atomic mass is 19.4. The molecule has 0 saturated carbocycles. The lowest BCUT2D eigenvalue weighted by atomic mass is 10.0. The number of halogens is 3.